The van der Waals surface area contributed by atoms with Gasteiger partial charge in [0.05, 0.1) is 0 Å². The first-order valence-corrected chi connectivity index (χ1v) is 12.9. The molecule has 0 amide bonds. The van der Waals surface area contributed by atoms with Crippen molar-refractivity contribution in [3.05, 3.63) is 0 Å². The first-order valence-electron chi connectivity index (χ1n) is 0.286. The van der Waals surface area contributed by atoms with Gasteiger partial charge in [-0.15, -0.1) is 0 Å². The molecule has 4 heavy (non-hydrogen) atoms. The Morgan fingerprint density at radius 3 is 1.25 bits per heavy atom. The van der Waals surface area contributed by atoms with Crippen molar-refractivity contribution in [1.82, 2.24) is 0 Å². The molecule has 0 spiro atoms. The van der Waals surface area contributed by atoms with Crippen LogP contribution in [-0.4, -0.2) is 27.3 Å². The van der Waals surface area contributed by atoms with E-state index < -0.39 is 0 Å². The third kappa shape index (κ3) is 8.93. The van der Waals surface area contributed by atoms with E-state index in [1.807, 2.05) is 0 Å². The van der Waals surface area contributed by atoms with Crippen LogP contribution in [-0.2, 0) is 0 Å². The summed E-state index contributed by atoms with van der Waals surface area (Å²) in [6.45, 7) is 0. The van der Waals surface area contributed by atoms with Crippen LogP contribution in [0.4, 0.5) is 0 Å². The van der Waals surface area contributed by atoms with E-state index in [0.29, 0.717) is 13.3 Å². The molecule has 0 aromatic rings. The summed E-state index contributed by atoms with van der Waals surface area (Å²) in [6, 6.07) is 0. The third-order valence-corrected chi connectivity index (χ3v) is 0. The van der Waals surface area contributed by atoms with Gasteiger partial charge in [-0.1, -0.05) is 0 Å². The van der Waals surface area contributed by atoms with E-state index in [4.69, 9.17) is 0 Å². The Morgan fingerprint density at radius 2 is 1.25 bits per heavy atom. The minimum absolute atomic E-state index is 0. The van der Waals surface area contributed by atoms with Crippen LogP contribution in [0.15, 0.2) is 0 Å². The molecule has 0 nitrogen and oxygen atoms in total. The van der Waals surface area contributed by atoms with Crippen LogP contribution in [0.25, 0.3) is 0 Å². The summed E-state index contributed by atoms with van der Waals surface area (Å²) in [7, 11) is 0. The summed E-state index contributed by atoms with van der Waals surface area (Å²) >= 11 is 5.30. The molecule has 0 fully saturated rings. The molecule has 0 aromatic heterocycles. The maximum absolute atomic E-state index is 2.39. The summed E-state index contributed by atoms with van der Waals surface area (Å²) in [5.74, 6) is 0. The number of rotatable bonds is 0. The van der Waals surface area contributed by atoms with Crippen LogP contribution >= 0.6 is 37.2 Å². The van der Waals surface area contributed by atoms with E-state index in [0.717, 1.165) is 0 Å². The Labute approximate surface area is 75.6 Å². The molecule has 1 radical (unpaired) electrons. The van der Waals surface area contributed by atoms with Gasteiger partial charge < -0.3 is 0 Å². The first kappa shape index (κ1) is 10.2. The largest absolute Gasteiger partial charge is 0 e. The second-order valence-electron chi connectivity index (χ2n) is 0.0540. The van der Waals surface area contributed by atoms with Gasteiger partial charge in [-0.25, -0.2) is 0 Å². The maximum atomic E-state index is 2.39. The average Bonchev–Trinajstić information content (AvgIpc) is 0.918. The van der Waals surface area contributed by atoms with Crippen molar-refractivity contribution in [2.24, 2.45) is 0 Å². The van der Waals surface area contributed by atoms with Gasteiger partial charge in [0, 0.05) is 27.3 Å². The summed E-state index contributed by atoms with van der Waals surface area (Å²) in [5, 5.41) is 0. The van der Waals surface area contributed by atoms with Gasteiger partial charge in [-0.05, 0) is 0 Å². The van der Waals surface area contributed by atoms with Gasteiger partial charge in [0.15, 0.2) is 0 Å². The standard InChI is InChI=1S/I3.Tl/c1-3-2;/q-1;. The fourth-order valence-electron chi connectivity index (χ4n) is 0. The smallest absolute Gasteiger partial charge is 0 e. The first-order chi connectivity index (χ1) is 1.41. The van der Waals surface area contributed by atoms with E-state index in [-0.39, 0.29) is 27.3 Å². The van der Waals surface area contributed by atoms with E-state index in [9.17, 15) is 0 Å². The molecule has 0 saturated carbocycles. The normalized spacial score (nSPS) is 5.50. The second kappa shape index (κ2) is 9.45. The molecular formula is I3Tl-. The number of hydrogen-bond acceptors (Lipinski definition) is 0. The van der Waals surface area contributed by atoms with E-state index in [1.165, 1.54) is 0 Å². The molecule has 0 aliphatic heterocycles. The molecule has 0 aliphatic carbocycles. The fraction of sp³-hybridized carbons (Fsp3) is 0. The fourth-order valence-corrected chi connectivity index (χ4v) is 0. The van der Waals surface area contributed by atoms with Gasteiger partial charge >= 0.3 is 50.5 Å². The Bertz CT molecular complexity index is 3.25. The van der Waals surface area contributed by atoms with Crippen LogP contribution in [0.5, 0.6) is 0 Å². The van der Waals surface area contributed by atoms with Crippen LogP contribution in [0.3, 0.4) is 0 Å². The summed E-state index contributed by atoms with van der Waals surface area (Å²) in [4.78, 5) is 0. The summed E-state index contributed by atoms with van der Waals surface area (Å²) in [6.07, 6.45) is 0. The SMILES string of the molecule is I[I-]I.[Tl]. The predicted octanol–water partition coefficient (Wildman–Crippen LogP) is -1.61. The minimum atomic E-state index is 0. The Kier molecular flexibility index (Phi) is 24.0. The zero-order valence-electron chi connectivity index (χ0n) is 1.71. The van der Waals surface area contributed by atoms with Gasteiger partial charge in [0.2, 0.25) is 0 Å². The quantitative estimate of drug-likeness (QED) is 0.238. The van der Waals surface area contributed by atoms with Crippen LogP contribution in [0.2, 0.25) is 0 Å². The number of hydrogen-bond donors (Lipinski definition) is 0. The van der Waals surface area contributed by atoms with Crippen molar-refractivity contribution in [3.8, 4) is 0 Å². The topological polar surface area (TPSA) is 0 Å². The van der Waals surface area contributed by atoms with Crippen molar-refractivity contribution in [2.75, 3.05) is 0 Å². The van der Waals surface area contributed by atoms with E-state index >= 15 is 0 Å². The Morgan fingerprint density at radius 1 is 1.25 bits per heavy atom. The van der Waals surface area contributed by atoms with Crippen molar-refractivity contribution in [1.29, 1.82) is 0 Å². The van der Waals surface area contributed by atoms with Gasteiger partial charge in [-0.2, -0.15) is 0 Å². The molecular weight excluding hydrogens is 585 g/mol. The van der Waals surface area contributed by atoms with Gasteiger partial charge in [0.25, 0.3) is 0 Å². The predicted molar refractivity (Wildman–Crippen MR) is 33.8 cm³/mol. The summed E-state index contributed by atoms with van der Waals surface area (Å²) in [5.41, 5.74) is 0. The van der Waals surface area contributed by atoms with E-state index in [1.54, 1.807) is 0 Å². The average molecular weight is 585 g/mol. The zero-order valence-corrected chi connectivity index (χ0v) is 12.7. The molecule has 0 saturated heterocycles. The minimum Gasteiger partial charge on any atom is 0 e. The van der Waals surface area contributed by atoms with Gasteiger partial charge in [0.1, 0.15) is 0 Å². The van der Waals surface area contributed by atoms with Crippen molar-refractivity contribution < 1.29 is 13.3 Å². The molecule has 0 aliphatic rings. The third-order valence-electron chi connectivity index (χ3n) is 0. The maximum Gasteiger partial charge on any atom is 0 e. The molecule has 0 aromatic carbocycles. The van der Waals surface area contributed by atoms with Crippen LogP contribution < -0.4 is 13.3 Å². The molecule has 0 atom stereocenters. The molecule has 4 heteroatoms. The molecule has 25 valence electrons. The van der Waals surface area contributed by atoms with E-state index in [2.05, 4.69) is 37.2 Å². The van der Waals surface area contributed by atoms with Crippen molar-refractivity contribution in [3.63, 3.8) is 0 Å². The van der Waals surface area contributed by atoms with Crippen LogP contribution in [0, 0.1) is 0 Å². The Balaban J connectivity index is 0. The molecule has 0 bridgehead atoms. The molecule has 0 N–H and O–H groups in total. The molecule has 0 rings (SSSR count). The number of halogens is 3. The summed E-state index contributed by atoms with van der Waals surface area (Å²) < 4.78 is 0. The zero-order chi connectivity index (χ0) is 2.71. The molecule has 0 unspecified atom stereocenters. The monoisotopic (exact) mass is 586 g/mol. The second-order valence-corrected chi connectivity index (χ2v) is 16.3. The van der Waals surface area contributed by atoms with Gasteiger partial charge in [-0.3, -0.25) is 0 Å². The van der Waals surface area contributed by atoms with Crippen LogP contribution in [0.1, 0.15) is 0 Å². The molecule has 0 heterocycles. The van der Waals surface area contributed by atoms with Crippen molar-refractivity contribution in [2.45, 2.75) is 0 Å². The van der Waals surface area contributed by atoms with Crippen molar-refractivity contribution >= 4 is 64.5 Å². The Hall–Kier alpha value is 3.11.